The Hall–Kier alpha value is -2.35. The third kappa shape index (κ3) is 3.12. The van der Waals surface area contributed by atoms with Crippen molar-refractivity contribution < 1.29 is 9.59 Å². The van der Waals surface area contributed by atoms with E-state index in [1.165, 1.54) is 0 Å². The van der Waals surface area contributed by atoms with Gasteiger partial charge in [0, 0.05) is 20.8 Å². The molecule has 2 atom stereocenters. The van der Waals surface area contributed by atoms with Gasteiger partial charge in [0.1, 0.15) is 18.2 Å². The summed E-state index contributed by atoms with van der Waals surface area (Å²) < 4.78 is -0.280. The smallest absolute Gasteiger partial charge is 0.350 e. The summed E-state index contributed by atoms with van der Waals surface area (Å²) in [5, 5.41) is 13.8. The van der Waals surface area contributed by atoms with Gasteiger partial charge in [-0.15, -0.1) is 0 Å². The van der Waals surface area contributed by atoms with Gasteiger partial charge >= 0.3 is 5.91 Å². The fourth-order valence-corrected chi connectivity index (χ4v) is 4.06. The lowest BCUT2D eigenvalue weighted by Crippen LogP contribution is -2.48. The third-order valence-electron chi connectivity index (χ3n) is 4.92. The van der Waals surface area contributed by atoms with Gasteiger partial charge in [-0.2, -0.15) is 0 Å². The quantitative estimate of drug-likeness (QED) is 0.237. The van der Waals surface area contributed by atoms with E-state index >= 15 is 0 Å². The number of benzene rings is 3. The van der Waals surface area contributed by atoms with E-state index in [-0.39, 0.29) is 12.3 Å². The molecule has 3 aromatic carbocycles. The maximum atomic E-state index is 13.8. The molecule has 0 aromatic heterocycles. The van der Waals surface area contributed by atoms with E-state index < -0.39 is 16.5 Å². The second kappa shape index (κ2) is 6.99. The van der Waals surface area contributed by atoms with Crippen molar-refractivity contribution in [1.82, 2.24) is 4.65 Å². The molecule has 0 spiro atoms. The lowest BCUT2D eigenvalue weighted by molar-refractivity contribution is 0.0822. The Morgan fingerprint density at radius 1 is 0.889 bits per heavy atom. The van der Waals surface area contributed by atoms with Crippen LogP contribution in [0.5, 0.6) is 0 Å². The molecule has 4 nitrogen and oxygen atoms in total. The monoisotopic (exact) mass is 469 g/mol. The van der Waals surface area contributed by atoms with Crippen LogP contribution in [-0.2, 0) is 0 Å². The molecule has 0 radical (unpaired) electrons. The largest absolute Gasteiger partial charge is 0.619 e. The Morgan fingerprint density at radius 2 is 1.48 bits per heavy atom. The van der Waals surface area contributed by atoms with Gasteiger partial charge < -0.3 is 5.21 Å². The molecule has 3 aromatic rings. The number of Topliss-reactive ketones (excluding diaryl/α,β-unsaturated/α-hetero) is 1. The fraction of sp³-hybridized carbons (Fsp3) is 0.0909. The molecule has 0 saturated heterocycles. The summed E-state index contributed by atoms with van der Waals surface area (Å²) in [6.45, 7) is -0.114. The molecule has 0 N–H and O–H groups in total. The first kappa shape index (κ1) is 18.0. The molecular formula is C22H16INO3. The molecular weight excluding hydrogens is 453 g/mol. The summed E-state index contributed by atoms with van der Waals surface area (Å²) in [6, 6.07) is 22.9. The predicted molar refractivity (Wildman–Crippen MR) is 113 cm³/mol. The molecule has 134 valence electrons. The van der Waals surface area contributed by atoms with Crippen LogP contribution < -0.4 is 4.65 Å². The van der Waals surface area contributed by atoms with Gasteiger partial charge in [-0.25, -0.2) is 4.79 Å². The number of carbonyl (C=O) groups excluding carboxylic acids is 2. The Kier molecular flexibility index (Phi) is 4.67. The molecule has 2 unspecified atom stereocenters. The zero-order valence-corrected chi connectivity index (χ0v) is 16.5. The molecule has 0 saturated carbocycles. The van der Waals surface area contributed by atoms with Crippen molar-refractivity contribution in [1.29, 1.82) is 0 Å². The molecule has 1 aliphatic heterocycles. The summed E-state index contributed by atoms with van der Waals surface area (Å²) in [5.41, 5.74) is 1.91. The number of rotatable bonds is 3. The standard InChI is InChI=1S/C22H16INO3/c23-17-11-12-18-19(21(25)15-7-3-1-4-8-15)14-24(27,20(18)13-17)22(26)16-9-5-2-6-10-16/h1-13,19H,14H2. The van der Waals surface area contributed by atoms with Crippen molar-refractivity contribution in [3.05, 3.63) is 104 Å². The maximum absolute atomic E-state index is 13.8. The van der Waals surface area contributed by atoms with E-state index in [1.54, 1.807) is 66.7 Å². The number of halogens is 1. The molecule has 0 fully saturated rings. The maximum Gasteiger partial charge on any atom is 0.350 e. The number of carbonyl (C=O) groups is 2. The molecule has 0 aliphatic carbocycles. The zero-order chi connectivity index (χ0) is 19.0. The highest BCUT2D eigenvalue weighted by Crippen LogP contribution is 2.44. The topological polar surface area (TPSA) is 57.2 Å². The van der Waals surface area contributed by atoms with Gasteiger partial charge in [0.05, 0.1) is 5.56 Å². The molecule has 0 bridgehead atoms. The average Bonchev–Trinajstić information content (AvgIpc) is 3.01. The number of hydroxylamine groups is 2. The lowest BCUT2D eigenvalue weighted by Gasteiger charge is -2.35. The first-order valence-corrected chi connectivity index (χ1v) is 9.67. The minimum Gasteiger partial charge on any atom is -0.619 e. The van der Waals surface area contributed by atoms with Gasteiger partial charge in [0.15, 0.2) is 5.78 Å². The first-order valence-electron chi connectivity index (χ1n) is 8.59. The van der Waals surface area contributed by atoms with Crippen LogP contribution in [-0.4, -0.2) is 18.2 Å². The van der Waals surface area contributed by atoms with Gasteiger partial charge in [-0.05, 0) is 40.8 Å². The number of hydrogen-bond donors (Lipinski definition) is 0. The van der Waals surface area contributed by atoms with Gasteiger partial charge in [-0.3, -0.25) is 9.44 Å². The van der Waals surface area contributed by atoms with E-state index in [0.29, 0.717) is 22.4 Å². The van der Waals surface area contributed by atoms with Crippen molar-refractivity contribution in [2.75, 3.05) is 6.54 Å². The van der Waals surface area contributed by atoms with Crippen molar-refractivity contribution in [3.63, 3.8) is 0 Å². The number of fused-ring (bicyclic) bond motifs is 1. The van der Waals surface area contributed by atoms with Crippen LogP contribution in [0.1, 0.15) is 32.2 Å². The number of quaternary nitrogens is 1. The van der Waals surface area contributed by atoms with Crippen LogP contribution in [0.4, 0.5) is 5.69 Å². The SMILES string of the molecule is O=C(c1ccccc1)C1C[N+]([O-])(C(=O)c2ccccc2)c2cc(I)ccc21. The number of amides is 1. The Bertz CT molecular complexity index is 1020. The second-order valence-corrected chi connectivity index (χ2v) is 7.83. The Labute approximate surface area is 170 Å². The minimum absolute atomic E-state index is 0.114. The summed E-state index contributed by atoms with van der Waals surface area (Å²) >= 11 is 2.12. The van der Waals surface area contributed by atoms with E-state index in [9.17, 15) is 14.8 Å². The van der Waals surface area contributed by atoms with Crippen LogP contribution >= 0.6 is 22.6 Å². The highest BCUT2D eigenvalue weighted by molar-refractivity contribution is 14.1. The van der Waals surface area contributed by atoms with Crippen molar-refractivity contribution in [2.24, 2.45) is 0 Å². The third-order valence-corrected chi connectivity index (χ3v) is 5.59. The first-order chi connectivity index (χ1) is 13.0. The highest BCUT2D eigenvalue weighted by Gasteiger charge is 2.47. The van der Waals surface area contributed by atoms with Gasteiger partial charge in [0.2, 0.25) is 0 Å². The number of hydrogen-bond acceptors (Lipinski definition) is 3. The molecule has 5 heteroatoms. The summed E-state index contributed by atoms with van der Waals surface area (Å²) in [6.07, 6.45) is 0. The van der Waals surface area contributed by atoms with E-state index in [1.807, 2.05) is 12.1 Å². The zero-order valence-electron chi connectivity index (χ0n) is 14.3. The van der Waals surface area contributed by atoms with Gasteiger partial charge in [-0.1, -0.05) is 54.6 Å². The minimum atomic E-state index is -1.14. The van der Waals surface area contributed by atoms with Crippen LogP contribution in [0.25, 0.3) is 0 Å². The highest BCUT2D eigenvalue weighted by atomic mass is 127. The predicted octanol–water partition coefficient (Wildman–Crippen LogP) is 4.92. The number of nitrogens with zero attached hydrogens (tertiary/aromatic N) is 1. The summed E-state index contributed by atoms with van der Waals surface area (Å²) in [4.78, 5) is 26.2. The summed E-state index contributed by atoms with van der Waals surface area (Å²) in [7, 11) is 0. The van der Waals surface area contributed by atoms with Gasteiger partial charge in [0.25, 0.3) is 0 Å². The molecule has 1 heterocycles. The van der Waals surface area contributed by atoms with Crippen molar-refractivity contribution in [2.45, 2.75) is 5.92 Å². The van der Waals surface area contributed by atoms with Crippen LogP contribution in [0.3, 0.4) is 0 Å². The molecule has 27 heavy (non-hydrogen) atoms. The van der Waals surface area contributed by atoms with E-state index in [4.69, 9.17) is 0 Å². The lowest BCUT2D eigenvalue weighted by atomic mass is 9.92. The number of ketones is 1. The molecule has 1 amide bonds. The van der Waals surface area contributed by atoms with Crippen LogP contribution in [0.2, 0.25) is 0 Å². The van der Waals surface area contributed by atoms with Crippen LogP contribution in [0, 0.1) is 8.78 Å². The van der Waals surface area contributed by atoms with Crippen molar-refractivity contribution >= 4 is 40.0 Å². The fourth-order valence-electron chi connectivity index (χ4n) is 3.59. The Balaban J connectivity index is 1.81. The normalized spacial score (nSPS) is 20.9. The van der Waals surface area contributed by atoms with Crippen molar-refractivity contribution in [3.8, 4) is 0 Å². The Morgan fingerprint density at radius 3 is 2.11 bits per heavy atom. The average molecular weight is 469 g/mol. The molecule has 4 rings (SSSR count). The molecule has 1 aliphatic rings. The van der Waals surface area contributed by atoms with Crippen LogP contribution in [0.15, 0.2) is 78.9 Å². The second-order valence-electron chi connectivity index (χ2n) is 6.58. The summed E-state index contributed by atoms with van der Waals surface area (Å²) in [5.74, 6) is -1.30. The van der Waals surface area contributed by atoms with E-state index in [0.717, 1.165) is 3.57 Å². The van der Waals surface area contributed by atoms with E-state index in [2.05, 4.69) is 22.6 Å².